The summed E-state index contributed by atoms with van der Waals surface area (Å²) in [6, 6.07) is 0. The van der Waals surface area contributed by atoms with E-state index >= 15 is 0 Å². The largest absolute Gasteiger partial charge is 0.463 e. The lowest BCUT2D eigenvalue weighted by Gasteiger charge is -2.27. The number of hydrogen-bond donors (Lipinski definition) is 0. The molecular weight excluding hydrogens is 190 g/mol. The summed E-state index contributed by atoms with van der Waals surface area (Å²) in [5.74, 6) is 0.411. The SMILES string of the molecule is CCOC(=O)[C@]1(OC)C=NCCS1. The highest BCUT2D eigenvalue weighted by molar-refractivity contribution is 8.02. The van der Waals surface area contributed by atoms with Crippen LogP contribution in [0.2, 0.25) is 0 Å². The van der Waals surface area contributed by atoms with E-state index in [1.807, 2.05) is 0 Å². The number of nitrogens with zero attached hydrogens (tertiary/aromatic N) is 1. The average Bonchev–Trinajstić information content (AvgIpc) is 2.19. The van der Waals surface area contributed by atoms with Crippen molar-refractivity contribution in [2.24, 2.45) is 4.99 Å². The Labute approximate surface area is 81.7 Å². The molecular formula is C8H13NO3S. The second-order valence-corrected chi connectivity index (χ2v) is 3.78. The Morgan fingerprint density at radius 3 is 3.00 bits per heavy atom. The highest BCUT2D eigenvalue weighted by Gasteiger charge is 2.40. The van der Waals surface area contributed by atoms with Gasteiger partial charge in [0.15, 0.2) is 0 Å². The summed E-state index contributed by atoms with van der Waals surface area (Å²) in [5.41, 5.74) is 0. The van der Waals surface area contributed by atoms with Crippen LogP contribution < -0.4 is 0 Å². The normalized spacial score (nSPS) is 27.2. The number of esters is 1. The van der Waals surface area contributed by atoms with Crippen LogP contribution in [0.25, 0.3) is 0 Å². The molecule has 1 aliphatic heterocycles. The van der Waals surface area contributed by atoms with Crippen molar-refractivity contribution in [1.82, 2.24) is 0 Å². The molecule has 5 heteroatoms. The van der Waals surface area contributed by atoms with Crippen LogP contribution in [0.3, 0.4) is 0 Å². The van der Waals surface area contributed by atoms with Crippen LogP contribution in [0.4, 0.5) is 0 Å². The predicted molar refractivity (Wildman–Crippen MR) is 52.2 cm³/mol. The van der Waals surface area contributed by atoms with Gasteiger partial charge in [-0.05, 0) is 6.92 Å². The van der Waals surface area contributed by atoms with Gasteiger partial charge >= 0.3 is 5.97 Å². The third-order valence-corrected chi connectivity index (χ3v) is 2.92. The first-order valence-electron chi connectivity index (χ1n) is 4.12. The number of ether oxygens (including phenoxy) is 2. The molecule has 0 bridgehead atoms. The van der Waals surface area contributed by atoms with E-state index in [1.54, 1.807) is 6.92 Å². The van der Waals surface area contributed by atoms with Crippen molar-refractivity contribution in [3.05, 3.63) is 0 Å². The molecule has 0 fully saturated rings. The van der Waals surface area contributed by atoms with Crippen LogP contribution in [-0.2, 0) is 14.3 Å². The Hall–Kier alpha value is -0.550. The van der Waals surface area contributed by atoms with Crippen LogP contribution in [0.5, 0.6) is 0 Å². The topological polar surface area (TPSA) is 47.9 Å². The summed E-state index contributed by atoms with van der Waals surface area (Å²) in [6.07, 6.45) is 1.53. The lowest BCUT2D eigenvalue weighted by atomic mass is 10.3. The Bertz CT molecular complexity index is 219. The Morgan fingerprint density at radius 1 is 1.77 bits per heavy atom. The lowest BCUT2D eigenvalue weighted by Crippen LogP contribution is -2.42. The summed E-state index contributed by atoms with van der Waals surface area (Å²) in [5, 5.41) is 0. The van der Waals surface area contributed by atoms with Crippen molar-refractivity contribution in [2.45, 2.75) is 11.9 Å². The van der Waals surface area contributed by atoms with Gasteiger partial charge in [-0.15, -0.1) is 11.8 Å². The molecule has 1 heterocycles. The van der Waals surface area contributed by atoms with E-state index in [2.05, 4.69) is 4.99 Å². The number of carbonyl (C=O) groups excluding carboxylic acids is 1. The van der Waals surface area contributed by atoms with Gasteiger partial charge in [0.1, 0.15) is 0 Å². The van der Waals surface area contributed by atoms with Gasteiger partial charge in [0.2, 0.25) is 4.93 Å². The van der Waals surface area contributed by atoms with Crippen molar-refractivity contribution >= 4 is 23.9 Å². The van der Waals surface area contributed by atoms with Crippen LogP contribution in [0.15, 0.2) is 4.99 Å². The van der Waals surface area contributed by atoms with E-state index in [1.165, 1.54) is 25.1 Å². The smallest absolute Gasteiger partial charge is 0.355 e. The van der Waals surface area contributed by atoms with Crippen molar-refractivity contribution < 1.29 is 14.3 Å². The Kier molecular flexibility index (Phi) is 3.74. The fraction of sp³-hybridized carbons (Fsp3) is 0.750. The van der Waals surface area contributed by atoms with Gasteiger partial charge < -0.3 is 9.47 Å². The molecule has 13 heavy (non-hydrogen) atoms. The van der Waals surface area contributed by atoms with Crippen molar-refractivity contribution in [3.63, 3.8) is 0 Å². The first kappa shape index (κ1) is 10.5. The third-order valence-electron chi connectivity index (χ3n) is 1.66. The molecule has 0 amide bonds. The number of hydrogen-bond acceptors (Lipinski definition) is 5. The number of rotatable bonds is 3. The molecule has 1 aliphatic rings. The van der Waals surface area contributed by atoms with E-state index in [0.29, 0.717) is 6.61 Å². The fourth-order valence-electron chi connectivity index (χ4n) is 1.01. The van der Waals surface area contributed by atoms with Gasteiger partial charge in [-0.1, -0.05) is 0 Å². The van der Waals surface area contributed by atoms with Crippen LogP contribution >= 0.6 is 11.8 Å². The standard InChI is InChI=1S/C8H13NO3S/c1-3-12-7(10)8(11-2)6-9-4-5-13-8/h6H,3-5H2,1-2H3/t8-/m0/s1. The maximum atomic E-state index is 11.5. The maximum Gasteiger partial charge on any atom is 0.355 e. The second-order valence-electron chi connectivity index (χ2n) is 2.48. The number of methoxy groups -OCH3 is 1. The first-order valence-corrected chi connectivity index (χ1v) is 5.11. The van der Waals surface area contributed by atoms with Crippen molar-refractivity contribution in [2.75, 3.05) is 26.0 Å². The van der Waals surface area contributed by atoms with Crippen molar-refractivity contribution in [3.8, 4) is 0 Å². The monoisotopic (exact) mass is 203 g/mol. The Balaban J connectivity index is 2.73. The molecule has 0 aromatic heterocycles. The summed E-state index contributed by atoms with van der Waals surface area (Å²) < 4.78 is 10.0. The molecule has 0 spiro atoms. The van der Waals surface area contributed by atoms with E-state index in [4.69, 9.17) is 9.47 Å². The highest BCUT2D eigenvalue weighted by atomic mass is 32.2. The third kappa shape index (κ3) is 2.22. The average molecular weight is 203 g/mol. The molecule has 0 unspecified atom stereocenters. The number of carbonyl (C=O) groups is 1. The molecule has 0 N–H and O–H groups in total. The predicted octanol–water partition coefficient (Wildman–Crippen LogP) is 0.710. The summed E-state index contributed by atoms with van der Waals surface area (Å²) in [4.78, 5) is 14.5. The highest BCUT2D eigenvalue weighted by Crippen LogP contribution is 2.28. The Morgan fingerprint density at radius 2 is 2.54 bits per heavy atom. The fourth-order valence-corrected chi connectivity index (χ4v) is 1.95. The molecule has 0 aromatic rings. The minimum Gasteiger partial charge on any atom is -0.463 e. The minimum atomic E-state index is -1.01. The molecule has 0 saturated heterocycles. The second kappa shape index (κ2) is 4.62. The zero-order valence-corrected chi connectivity index (χ0v) is 8.60. The number of aliphatic imine (C=N–C) groups is 1. The lowest BCUT2D eigenvalue weighted by molar-refractivity contribution is -0.152. The van der Waals surface area contributed by atoms with Gasteiger partial charge in [-0.3, -0.25) is 4.99 Å². The maximum absolute atomic E-state index is 11.5. The molecule has 0 radical (unpaired) electrons. The zero-order chi connectivity index (χ0) is 9.73. The van der Waals surface area contributed by atoms with Gasteiger partial charge in [-0.2, -0.15) is 0 Å². The van der Waals surface area contributed by atoms with Crippen LogP contribution in [0.1, 0.15) is 6.92 Å². The number of thioether (sulfide) groups is 1. The molecule has 0 aliphatic carbocycles. The molecule has 1 rings (SSSR count). The molecule has 0 saturated carbocycles. The molecule has 74 valence electrons. The van der Waals surface area contributed by atoms with E-state index in [-0.39, 0.29) is 5.97 Å². The van der Waals surface area contributed by atoms with Gasteiger partial charge in [0.25, 0.3) is 0 Å². The summed E-state index contributed by atoms with van der Waals surface area (Å²) in [6.45, 7) is 2.86. The van der Waals surface area contributed by atoms with Gasteiger partial charge in [0, 0.05) is 19.4 Å². The first-order chi connectivity index (χ1) is 6.25. The van der Waals surface area contributed by atoms with Crippen LogP contribution in [0, 0.1) is 0 Å². The minimum absolute atomic E-state index is 0.359. The molecule has 4 nitrogen and oxygen atoms in total. The van der Waals surface area contributed by atoms with Crippen LogP contribution in [-0.4, -0.2) is 43.1 Å². The molecule has 1 atom stereocenters. The summed E-state index contributed by atoms with van der Waals surface area (Å²) >= 11 is 1.41. The van der Waals surface area contributed by atoms with E-state index in [0.717, 1.165) is 12.3 Å². The van der Waals surface area contributed by atoms with Gasteiger partial charge in [-0.25, -0.2) is 4.79 Å². The van der Waals surface area contributed by atoms with E-state index < -0.39 is 4.93 Å². The van der Waals surface area contributed by atoms with E-state index in [9.17, 15) is 4.79 Å². The zero-order valence-electron chi connectivity index (χ0n) is 7.78. The quantitative estimate of drug-likeness (QED) is 0.634. The van der Waals surface area contributed by atoms with Crippen molar-refractivity contribution in [1.29, 1.82) is 0 Å². The summed E-state index contributed by atoms with van der Waals surface area (Å²) in [7, 11) is 1.49. The molecule has 0 aromatic carbocycles. The van der Waals surface area contributed by atoms with Gasteiger partial charge in [0.05, 0.1) is 12.8 Å².